The van der Waals surface area contributed by atoms with E-state index in [1.54, 1.807) is 0 Å². The molecule has 5 fully saturated rings. The van der Waals surface area contributed by atoms with Crippen LogP contribution in [-0.2, 0) is 14.3 Å². The minimum atomic E-state index is -0.429. The summed E-state index contributed by atoms with van der Waals surface area (Å²) in [6.45, 7) is 4.06. The highest BCUT2D eigenvalue weighted by molar-refractivity contribution is 5.79. The Hall–Kier alpha value is -0.410. The number of rotatable bonds is 0. The molecule has 3 nitrogen and oxygen atoms in total. The van der Waals surface area contributed by atoms with Crippen molar-refractivity contribution in [2.24, 2.45) is 17.3 Å². The number of ether oxygens (including phenoxy) is 2. The van der Waals surface area contributed by atoms with Crippen molar-refractivity contribution >= 4 is 5.78 Å². The summed E-state index contributed by atoms with van der Waals surface area (Å²) in [6, 6.07) is 0. The molecule has 2 bridgehead atoms. The summed E-state index contributed by atoms with van der Waals surface area (Å²) in [5, 5.41) is 0. The average molecular weight is 250 g/mol. The molecule has 18 heavy (non-hydrogen) atoms. The molecule has 3 heteroatoms. The van der Waals surface area contributed by atoms with E-state index in [2.05, 4.69) is 0 Å². The van der Waals surface area contributed by atoms with E-state index < -0.39 is 5.79 Å². The number of fused-ring (bicyclic) bond motifs is 1. The van der Waals surface area contributed by atoms with Crippen molar-refractivity contribution in [3.8, 4) is 0 Å². The molecule has 5 unspecified atom stereocenters. The van der Waals surface area contributed by atoms with Crippen molar-refractivity contribution in [3.05, 3.63) is 0 Å². The molecule has 0 amide bonds. The van der Waals surface area contributed by atoms with Gasteiger partial charge in [-0.2, -0.15) is 0 Å². The van der Waals surface area contributed by atoms with Gasteiger partial charge in [0.1, 0.15) is 5.78 Å². The van der Waals surface area contributed by atoms with Crippen molar-refractivity contribution in [2.45, 2.75) is 70.4 Å². The van der Waals surface area contributed by atoms with E-state index in [0.717, 1.165) is 19.3 Å². The predicted molar refractivity (Wildman–Crippen MR) is 65.9 cm³/mol. The number of Topliss-reactive ketones (excluding diaryl/α,β-unsaturated/α-hetero) is 1. The topological polar surface area (TPSA) is 35.5 Å². The highest BCUT2D eigenvalue weighted by Gasteiger charge is 2.64. The second-order valence-electron chi connectivity index (χ2n) is 7.23. The summed E-state index contributed by atoms with van der Waals surface area (Å²) < 4.78 is 12.4. The van der Waals surface area contributed by atoms with Crippen LogP contribution >= 0.6 is 0 Å². The fourth-order valence-corrected chi connectivity index (χ4v) is 5.13. The first kappa shape index (κ1) is 11.4. The maximum Gasteiger partial charge on any atom is 0.163 e. The van der Waals surface area contributed by atoms with E-state index in [9.17, 15) is 4.79 Å². The Kier molecular flexibility index (Phi) is 2.14. The highest BCUT2D eigenvalue weighted by atomic mass is 16.8. The molecule has 5 aliphatic rings. The lowest BCUT2D eigenvalue weighted by molar-refractivity contribution is -0.173. The van der Waals surface area contributed by atoms with Gasteiger partial charge in [-0.05, 0) is 51.4 Å². The fraction of sp³-hybridized carbons (Fsp3) is 0.933. The van der Waals surface area contributed by atoms with E-state index in [4.69, 9.17) is 9.47 Å². The fourth-order valence-electron chi connectivity index (χ4n) is 5.13. The first-order valence-electron chi connectivity index (χ1n) is 7.38. The molecule has 1 spiro atoms. The standard InChI is InChI=1S/C15H22O3/c1-14(2)17-12-9-3-5-15(13(12)18-14)6-4-11(16)8-10(15)7-9/h9-10,12-13H,3-8H2,1-2H3. The molecular weight excluding hydrogens is 228 g/mol. The van der Waals surface area contributed by atoms with E-state index >= 15 is 0 Å². The zero-order valence-corrected chi connectivity index (χ0v) is 11.3. The Balaban J connectivity index is 1.72. The van der Waals surface area contributed by atoms with Gasteiger partial charge in [0.05, 0.1) is 12.2 Å². The highest BCUT2D eigenvalue weighted by Crippen LogP contribution is 2.63. The summed E-state index contributed by atoms with van der Waals surface area (Å²) in [6.07, 6.45) is 6.83. The molecular formula is C15H22O3. The molecule has 1 saturated heterocycles. The number of hydrogen-bond donors (Lipinski definition) is 0. The third kappa shape index (κ3) is 1.35. The zero-order chi connectivity index (χ0) is 12.5. The van der Waals surface area contributed by atoms with Crippen LogP contribution in [0.25, 0.3) is 0 Å². The van der Waals surface area contributed by atoms with Crippen LogP contribution in [0.2, 0.25) is 0 Å². The number of carbonyl (C=O) groups excluding carboxylic acids is 1. The molecule has 0 aromatic rings. The third-order valence-electron chi connectivity index (χ3n) is 5.88. The maximum atomic E-state index is 11.7. The van der Waals surface area contributed by atoms with Crippen LogP contribution in [0, 0.1) is 17.3 Å². The largest absolute Gasteiger partial charge is 0.344 e. The average Bonchev–Trinajstić information content (AvgIpc) is 2.66. The summed E-state index contributed by atoms with van der Waals surface area (Å²) >= 11 is 0. The molecule has 1 heterocycles. The van der Waals surface area contributed by atoms with E-state index in [1.807, 2.05) is 13.8 Å². The van der Waals surface area contributed by atoms with Gasteiger partial charge in [-0.3, -0.25) is 4.79 Å². The molecule has 0 radical (unpaired) electrons. The van der Waals surface area contributed by atoms with Gasteiger partial charge in [-0.1, -0.05) is 0 Å². The Morgan fingerprint density at radius 3 is 2.89 bits per heavy atom. The van der Waals surface area contributed by atoms with E-state index in [-0.39, 0.29) is 11.5 Å². The summed E-state index contributed by atoms with van der Waals surface area (Å²) in [5.41, 5.74) is 0.251. The second-order valence-corrected chi connectivity index (χ2v) is 7.23. The predicted octanol–water partition coefficient (Wildman–Crippen LogP) is 2.68. The second kappa shape index (κ2) is 3.37. The third-order valence-corrected chi connectivity index (χ3v) is 5.88. The van der Waals surface area contributed by atoms with Gasteiger partial charge >= 0.3 is 0 Å². The van der Waals surface area contributed by atoms with Crippen LogP contribution in [0.1, 0.15) is 52.4 Å². The molecule has 0 aromatic heterocycles. The van der Waals surface area contributed by atoms with Crippen molar-refractivity contribution in [2.75, 3.05) is 0 Å². The lowest BCUT2D eigenvalue weighted by atomic mass is 9.48. The van der Waals surface area contributed by atoms with Gasteiger partial charge in [0.15, 0.2) is 5.79 Å². The van der Waals surface area contributed by atoms with Crippen LogP contribution in [0.15, 0.2) is 0 Å². The summed E-state index contributed by atoms with van der Waals surface area (Å²) in [5.74, 6) is 1.22. The SMILES string of the molecule is CC1(C)OC2C3CCC4(CCC(=O)CC4C3)C2O1. The van der Waals surface area contributed by atoms with Crippen LogP contribution in [0.3, 0.4) is 0 Å². The zero-order valence-electron chi connectivity index (χ0n) is 11.3. The van der Waals surface area contributed by atoms with E-state index in [0.29, 0.717) is 23.7 Å². The van der Waals surface area contributed by atoms with Crippen LogP contribution < -0.4 is 0 Å². The molecule has 4 aliphatic carbocycles. The molecule has 100 valence electrons. The maximum absolute atomic E-state index is 11.7. The lowest BCUT2D eigenvalue weighted by Gasteiger charge is -2.58. The van der Waals surface area contributed by atoms with Crippen LogP contribution in [0.5, 0.6) is 0 Å². The van der Waals surface area contributed by atoms with Crippen molar-refractivity contribution in [1.82, 2.24) is 0 Å². The molecule has 0 N–H and O–H groups in total. The quantitative estimate of drug-likeness (QED) is 0.663. The van der Waals surface area contributed by atoms with Gasteiger partial charge in [-0.25, -0.2) is 0 Å². The lowest BCUT2D eigenvalue weighted by Crippen LogP contribution is -2.60. The molecule has 4 saturated carbocycles. The molecule has 0 aromatic carbocycles. The number of ketones is 1. The Labute approximate surface area is 108 Å². The Morgan fingerprint density at radius 2 is 2.06 bits per heavy atom. The normalized spacial score (nSPS) is 53.1. The first-order chi connectivity index (χ1) is 8.50. The van der Waals surface area contributed by atoms with E-state index in [1.165, 1.54) is 19.3 Å². The summed E-state index contributed by atoms with van der Waals surface area (Å²) in [4.78, 5) is 11.7. The van der Waals surface area contributed by atoms with Gasteiger partial charge < -0.3 is 9.47 Å². The van der Waals surface area contributed by atoms with Gasteiger partial charge in [0.2, 0.25) is 0 Å². The first-order valence-corrected chi connectivity index (χ1v) is 7.38. The minimum Gasteiger partial charge on any atom is -0.344 e. The minimum absolute atomic E-state index is 0.248. The number of hydrogen-bond acceptors (Lipinski definition) is 3. The van der Waals surface area contributed by atoms with Crippen molar-refractivity contribution in [3.63, 3.8) is 0 Å². The Bertz CT molecular complexity index is 403. The smallest absolute Gasteiger partial charge is 0.163 e. The van der Waals surface area contributed by atoms with Gasteiger partial charge in [0.25, 0.3) is 0 Å². The van der Waals surface area contributed by atoms with Crippen LogP contribution in [0.4, 0.5) is 0 Å². The molecule has 5 atom stereocenters. The van der Waals surface area contributed by atoms with Crippen molar-refractivity contribution < 1.29 is 14.3 Å². The van der Waals surface area contributed by atoms with Crippen molar-refractivity contribution in [1.29, 1.82) is 0 Å². The van der Waals surface area contributed by atoms with Gasteiger partial charge in [-0.15, -0.1) is 0 Å². The summed E-state index contributed by atoms with van der Waals surface area (Å²) in [7, 11) is 0. The van der Waals surface area contributed by atoms with Gasteiger partial charge in [0, 0.05) is 18.3 Å². The Morgan fingerprint density at radius 1 is 1.22 bits per heavy atom. The molecule has 1 aliphatic heterocycles. The number of carbonyl (C=O) groups is 1. The molecule has 5 rings (SSSR count). The van der Waals surface area contributed by atoms with Crippen LogP contribution in [-0.4, -0.2) is 23.8 Å². The monoisotopic (exact) mass is 250 g/mol.